The Labute approximate surface area is 157 Å². The highest BCUT2D eigenvalue weighted by Crippen LogP contribution is 2.28. The molecule has 0 spiro atoms. The first-order valence-electron chi connectivity index (χ1n) is 8.04. The van der Waals surface area contributed by atoms with Crippen LogP contribution >= 0.6 is 11.6 Å². The van der Waals surface area contributed by atoms with E-state index in [0.29, 0.717) is 23.0 Å². The number of hydrogen-bond donors (Lipinski definition) is 2. The number of benzene rings is 2. The molecular formula is C20H18ClN3O2. The van der Waals surface area contributed by atoms with Crippen LogP contribution in [-0.4, -0.2) is 18.0 Å². The second-order valence-corrected chi connectivity index (χ2v) is 6.02. The van der Waals surface area contributed by atoms with Gasteiger partial charge in [-0.1, -0.05) is 41.9 Å². The van der Waals surface area contributed by atoms with Crippen molar-refractivity contribution >= 4 is 34.7 Å². The minimum Gasteiger partial charge on any atom is -0.495 e. The van der Waals surface area contributed by atoms with Crippen molar-refractivity contribution in [1.82, 2.24) is 4.98 Å². The van der Waals surface area contributed by atoms with E-state index in [1.807, 2.05) is 42.5 Å². The van der Waals surface area contributed by atoms with Crippen molar-refractivity contribution in [2.45, 2.75) is 6.42 Å². The lowest BCUT2D eigenvalue weighted by Gasteiger charge is -2.10. The van der Waals surface area contributed by atoms with Crippen LogP contribution in [0.15, 0.2) is 66.9 Å². The molecule has 2 N–H and O–H groups in total. The van der Waals surface area contributed by atoms with Crippen molar-refractivity contribution in [3.8, 4) is 5.75 Å². The van der Waals surface area contributed by atoms with Gasteiger partial charge in [-0.3, -0.25) is 4.79 Å². The zero-order valence-corrected chi connectivity index (χ0v) is 15.0. The predicted octanol–water partition coefficient (Wildman–Crippen LogP) is 4.67. The molecular weight excluding hydrogens is 350 g/mol. The molecule has 3 aromatic rings. The van der Waals surface area contributed by atoms with Crippen LogP contribution in [0.1, 0.15) is 5.56 Å². The molecule has 3 rings (SSSR count). The highest BCUT2D eigenvalue weighted by molar-refractivity contribution is 6.32. The molecule has 2 aromatic carbocycles. The van der Waals surface area contributed by atoms with E-state index in [2.05, 4.69) is 15.6 Å². The fraction of sp³-hybridized carbons (Fsp3) is 0.100. The Hall–Kier alpha value is -3.05. The molecule has 0 aliphatic rings. The zero-order chi connectivity index (χ0) is 18.4. The maximum Gasteiger partial charge on any atom is 0.229 e. The number of nitrogens with one attached hydrogen (secondary N) is 2. The number of carbonyl (C=O) groups is 1. The van der Waals surface area contributed by atoms with Crippen LogP contribution in [0.4, 0.5) is 17.2 Å². The maximum atomic E-state index is 12.1. The number of rotatable bonds is 6. The van der Waals surface area contributed by atoms with E-state index in [9.17, 15) is 4.79 Å². The van der Waals surface area contributed by atoms with Crippen molar-refractivity contribution < 1.29 is 9.53 Å². The number of aromatic nitrogens is 1. The minimum atomic E-state index is -0.105. The highest BCUT2D eigenvalue weighted by Gasteiger charge is 2.06. The Morgan fingerprint density at radius 3 is 2.50 bits per heavy atom. The number of carbonyl (C=O) groups excluding carboxylic acids is 1. The van der Waals surface area contributed by atoms with E-state index in [4.69, 9.17) is 16.3 Å². The van der Waals surface area contributed by atoms with E-state index in [1.165, 1.54) is 0 Å². The monoisotopic (exact) mass is 367 g/mol. The zero-order valence-electron chi connectivity index (χ0n) is 14.2. The van der Waals surface area contributed by atoms with Gasteiger partial charge in [-0.2, -0.15) is 0 Å². The summed E-state index contributed by atoms with van der Waals surface area (Å²) in [5.74, 6) is 1.02. The number of halogens is 1. The summed E-state index contributed by atoms with van der Waals surface area (Å²) in [5, 5.41) is 6.51. The van der Waals surface area contributed by atoms with Gasteiger partial charge in [-0.05, 0) is 35.9 Å². The van der Waals surface area contributed by atoms with Gasteiger partial charge in [0.05, 0.1) is 30.4 Å². The molecule has 5 nitrogen and oxygen atoms in total. The first-order valence-corrected chi connectivity index (χ1v) is 8.42. The van der Waals surface area contributed by atoms with Crippen LogP contribution in [-0.2, 0) is 11.2 Å². The quantitative estimate of drug-likeness (QED) is 0.664. The molecule has 0 atom stereocenters. The Bertz CT molecular complexity index is 883. The molecule has 26 heavy (non-hydrogen) atoms. The SMILES string of the molecule is COc1ccc(Nc2ccc(NC(=O)Cc3ccccc3)nc2)cc1Cl. The first-order chi connectivity index (χ1) is 12.6. The van der Waals surface area contributed by atoms with Crippen LogP contribution < -0.4 is 15.4 Å². The fourth-order valence-electron chi connectivity index (χ4n) is 2.42. The number of ether oxygens (including phenoxy) is 1. The van der Waals surface area contributed by atoms with E-state index in [1.54, 1.807) is 31.5 Å². The van der Waals surface area contributed by atoms with Gasteiger partial charge in [-0.15, -0.1) is 0 Å². The van der Waals surface area contributed by atoms with Gasteiger partial charge in [0.2, 0.25) is 5.91 Å². The normalized spacial score (nSPS) is 10.2. The summed E-state index contributed by atoms with van der Waals surface area (Å²) in [7, 11) is 1.57. The largest absolute Gasteiger partial charge is 0.495 e. The lowest BCUT2D eigenvalue weighted by molar-refractivity contribution is -0.115. The predicted molar refractivity (Wildman–Crippen MR) is 104 cm³/mol. The van der Waals surface area contributed by atoms with Gasteiger partial charge in [-0.25, -0.2) is 4.98 Å². The minimum absolute atomic E-state index is 0.105. The Morgan fingerprint density at radius 1 is 1.08 bits per heavy atom. The third-order valence-electron chi connectivity index (χ3n) is 3.68. The second kappa shape index (κ2) is 8.36. The number of methoxy groups -OCH3 is 1. The Morgan fingerprint density at radius 2 is 1.85 bits per heavy atom. The molecule has 132 valence electrons. The molecule has 0 saturated carbocycles. The van der Waals surface area contributed by atoms with Gasteiger partial charge in [0, 0.05) is 5.69 Å². The third-order valence-corrected chi connectivity index (χ3v) is 3.97. The molecule has 0 fully saturated rings. The molecule has 1 amide bonds. The number of nitrogens with zero attached hydrogens (tertiary/aromatic N) is 1. The molecule has 0 unspecified atom stereocenters. The summed E-state index contributed by atoms with van der Waals surface area (Å²) in [6.45, 7) is 0. The van der Waals surface area contributed by atoms with Crippen LogP contribution in [0.2, 0.25) is 5.02 Å². The summed E-state index contributed by atoms with van der Waals surface area (Å²) >= 11 is 6.12. The van der Waals surface area contributed by atoms with E-state index in [0.717, 1.165) is 16.9 Å². The van der Waals surface area contributed by atoms with Gasteiger partial charge in [0.1, 0.15) is 11.6 Å². The first kappa shape index (κ1) is 17.8. The Balaban J connectivity index is 1.59. The van der Waals surface area contributed by atoms with E-state index in [-0.39, 0.29) is 5.91 Å². The van der Waals surface area contributed by atoms with E-state index < -0.39 is 0 Å². The molecule has 1 heterocycles. The highest BCUT2D eigenvalue weighted by atomic mass is 35.5. The fourth-order valence-corrected chi connectivity index (χ4v) is 2.68. The maximum absolute atomic E-state index is 12.1. The Kier molecular flexibility index (Phi) is 5.71. The second-order valence-electron chi connectivity index (χ2n) is 5.62. The molecule has 0 bridgehead atoms. The van der Waals surface area contributed by atoms with Crippen LogP contribution in [0.3, 0.4) is 0 Å². The molecule has 0 radical (unpaired) electrons. The van der Waals surface area contributed by atoms with Gasteiger partial charge in [0.25, 0.3) is 0 Å². The van der Waals surface area contributed by atoms with Crippen LogP contribution in [0.25, 0.3) is 0 Å². The summed E-state index contributed by atoms with van der Waals surface area (Å²) in [6.07, 6.45) is 1.96. The number of pyridine rings is 1. The van der Waals surface area contributed by atoms with Crippen LogP contribution in [0, 0.1) is 0 Å². The molecule has 0 aliphatic heterocycles. The van der Waals surface area contributed by atoms with Crippen molar-refractivity contribution in [1.29, 1.82) is 0 Å². The number of anilines is 3. The van der Waals surface area contributed by atoms with Gasteiger partial charge < -0.3 is 15.4 Å². The lowest BCUT2D eigenvalue weighted by atomic mass is 10.1. The summed E-state index contributed by atoms with van der Waals surface area (Å²) in [5.41, 5.74) is 2.56. The smallest absolute Gasteiger partial charge is 0.229 e. The average Bonchev–Trinajstić information content (AvgIpc) is 2.64. The topological polar surface area (TPSA) is 63.2 Å². The summed E-state index contributed by atoms with van der Waals surface area (Å²) in [6, 6.07) is 18.6. The van der Waals surface area contributed by atoms with Crippen molar-refractivity contribution in [2.24, 2.45) is 0 Å². The number of hydrogen-bond acceptors (Lipinski definition) is 4. The summed E-state index contributed by atoms with van der Waals surface area (Å²) in [4.78, 5) is 16.3. The van der Waals surface area contributed by atoms with Crippen molar-refractivity contribution in [2.75, 3.05) is 17.7 Å². The van der Waals surface area contributed by atoms with Crippen LogP contribution in [0.5, 0.6) is 5.75 Å². The summed E-state index contributed by atoms with van der Waals surface area (Å²) < 4.78 is 5.13. The average molecular weight is 368 g/mol. The van der Waals surface area contributed by atoms with Gasteiger partial charge >= 0.3 is 0 Å². The molecule has 0 aliphatic carbocycles. The molecule has 0 saturated heterocycles. The van der Waals surface area contributed by atoms with Gasteiger partial charge in [0.15, 0.2) is 0 Å². The standard InChI is InChI=1S/C20H18ClN3O2/c1-26-18-9-7-15(12-17(18)21)23-16-8-10-19(22-13-16)24-20(25)11-14-5-3-2-4-6-14/h2-10,12-13,23H,11H2,1H3,(H,22,24,25). The lowest BCUT2D eigenvalue weighted by Crippen LogP contribution is -2.15. The van der Waals surface area contributed by atoms with Crippen molar-refractivity contribution in [3.63, 3.8) is 0 Å². The third kappa shape index (κ3) is 4.74. The molecule has 6 heteroatoms. The van der Waals surface area contributed by atoms with E-state index >= 15 is 0 Å². The number of amides is 1. The van der Waals surface area contributed by atoms with Crippen molar-refractivity contribution in [3.05, 3.63) is 77.4 Å². The molecule has 1 aromatic heterocycles.